The Labute approximate surface area is 127 Å². The van der Waals surface area contributed by atoms with Crippen molar-refractivity contribution < 1.29 is 9.53 Å². The Kier molecular flexibility index (Phi) is 5.62. The van der Waals surface area contributed by atoms with Crippen LogP contribution in [0.15, 0.2) is 18.2 Å². The zero-order chi connectivity index (χ0) is 15.2. The standard InChI is InChI=1S/C17H26N2O2/c1-3-21-16-9-8-14(12-15(16)18)17(20)13(2)19-10-6-4-5-7-11-19/h8-9,12-13H,3-7,10-11,18H2,1-2H3. The Morgan fingerprint density at radius 2 is 1.95 bits per heavy atom. The molecule has 0 aromatic heterocycles. The van der Waals surface area contributed by atoms with Gasteiger partial charge in [0.15, 0.2) is 5.78 Å². The molecule has 116 valence electrons. The minimum absolute atomic E-state index is 0.0829. The molecule has 1 saturated heterocycles. The molecule has 1 aromatic carbocycles. The minimum atomic E-state index is -0.0829. The summed E-state index contributed by atoms with van der Waals surface area (Å²) in [6, 6.07) is 5.27. The highest BCUT2D eigenvalue weighted by molar-refractivity contribution is 6.00. The van der Waals surface area contributed by atoms with Gasteiger partial charge in [-0.15, -0.1) is 0 Å². The van der Waals surface area contributed by atoms with Gasteiger partial charge in [-0.2, -0.15) is 0 Å². The number of rotatable bonds is 5. The third-order valence-electron chi connectivity index (χ3n) is 4.16. The predicted molar refractivity (Wildman–Crippen MR) is 85.9 cm³/mol. The van der Waals surface area contributed by atoms with E-state index in [1.165, 1.54) is 25.7 Å². The Bertz CT molecular complexity index is 480. The number of anilines is 1. The molecule has 1 aliphatic rings. The molecule has 4 heteroatoms. The average molecular weight is 290 g/mol. The van der Waals surface area contributed by atoms with Crippen molar-refractivity contribution in [3.8, 4) is 5.75 Å². The van der Waals surface area contributed by atoms with Gasteiger partial charge >= 0.3 is 0 Å². The summed E-state index contributed by atoms with van der Waals surface area (Å²) in [5.74, 6) is 0.795. The highest BCUT2D eigenvalue weighted by Crippen LogP contribution is 2.24. The summed E-state index contributed by atoms with van der Waals surface area (Å²) in [4.78, 5) is 14.9. The van der Waals surface area contributed by atoms with E-state index in [1.807, 2.05) is 19.9 Å². The van der Waals surface area contributed by atoms with Crippen LogP contribution >= 0.6 is 0 Å². The van der Waals surface area contributed by atoms with Crippen LogP contribution in [0.1, 0.15) is 49.9 Å². The molecule has 0 spiro atoms. The van der Waals surface area contributed by atoms with Crippen LogP contribution in [0.25, 0.3) is 0 Å². The minimum Gasteiger partial charge on any atom is -0.492 e. The summed E-state index contributed by atoms with van der Waals surface area (Å²) in [6.07, 6.45) is 4.91. The maximum absolute atomic E-state index is 12.6. The fourth-order valence-electron chi connectivity index (χ4n) is 2.88. The molecule has 1 heterocycles. The van der Waals surface area contributed by atoms with Crippen molar-refractivity contribution in [1.29, 1.82) is 0 Å². The Morgan fingerprint density at radius 1 is 1.29 bits per heavy atom. The van der Waals surface area contributed by atoms with Gasteiger partial charge in [-0.25, -0.2) is 0 Å². The predicted octanol–water partition coefficient (Wildman–Crippen LogP) is 3.11. The molecule has 0 radical (unpaired) electrons. The first kappa shape index (κ1) is 15.8. The van der Waals surface area contributed by atoms with Crippen molar-refractivity contribution in [2.45, 2.75) is 45.6 Å². The third kappa shape index (κ3) is 3.97. The molecule has 0 amide bonds. The first-order chi connectivity index (χ1) is 10.1. The zero-order valence-corrected chi connectivity index (χ0v) is 13.1. The zero-order valence-electron chi connectivity index (χ0n) is 13.1. The smallest absolute Gasteiger partial charge is 0.179 e. The quantitative estimate of drug-likeness (QED) is 0.668. The summed E-state index contributed by atoms with van der Waals surface area (Å²) in [5.41, 5.74) is 7.16. The summed E-state index contributed by atoms with van der Waals surface area (Å²) in [7, 11) is 0. The van der Waals surface area contributed by atoms with Crippen LogP contribution in [0.3, 0.4) is 0 Å². The summed E-state index contributed by atoms with van der Waals surface area (Å²) in [5, 5.41) is 0. The second-order valence-electron chi connectivity index (χ2n) is 5.68. The van der Waals surface area contributed by atoms with Gasteiger partial charge < -0.3 is 10.5 Å². The van der Waals surface area contributed by atoms with Crippen molar-refractivity contribution in [2.24, 2.45) is 0 Å². The summed E-state index contributed by atoms with van der Waals surface area (Å²) < 4.78 is 5.42. The van der Waals surface area contributed by atoms with Gasteiger partial charge in [-0.1, -0.05) is 12.8 Å². The van der Waals surface area contributed by atoms with Crippen LogP contribution in [0.5, 0.6) is 5.75 Å². The highest BCUT2D eigenvalue weighted by atomic mass is 16.5. The maximum Gasteiger partial charge on any atom is 0.179 e. The monoisotopic (exact) mass is 290 g/mol. The number of ketones is 1. The Balaban J connectivity index is 2.09. The van der Waals surface area contributed by atoms with Gasteiger partial charge in [0.1, 0.15) is 5.75 Å². The number of ether oxygens (including phenoxy) is 1. The van der Waals surface area contributed by atoms with Crippen molar-refractivity contribution in [2.75, 3.05) is 25.4 Å². The normalized spacial score (nSPS) is 18.0. The van der Waals surface area contributed by atoms with E-state index in [4.69, 9.17) is 10.5 Å². The van der Waals surface area contributed by atoms with Crippen LogP contribution in [0, 0.1) is 0 Å². The molecule has 4 nitrogen and oxygen atoms in total. The largest absolute Gasteiger partial charge is 0.492 e. The summed E-state index contributed by atoms with van der Waals surface area (Å²) >= 11 is 0. The number of hydrogen-bond acceptors (Lipinski definition) is 4. The topological polar surface area (TPSA) is 55.6 Å². The fourth-order valence-corrected chi connectivity index (χ4v) is 2.88. The lowest BCUT2D eigenvalue weighted by atomic mass is 10.0. The van der Waals surface area contributed by atoms with Crippen LogP contribution in [0.2, 0.25) is 0 Å². The molecule has 2 rings (SSSR count). The number of hydrogen-bond donors (Lipinski definition) is 1. The van der Waals surface area contributed by atoms with E-state index in [-0.39, 0.29) is 11.8 Å². The van der Waals surface area contributed by atoms with E-state index in [0.717, 1.165) is 13.1 Å². The van der Waals surface area contributed by atoms with E-state index in [9.17, 15) is 4.79 Å². The van der Waals surface area contributed by atoms with E-state index < -0.39 is 0 Å². The van der Waals surface area contributed by atoms with Gasteiger partial charge in [0.25, 0.3) is 0 Å². The molecular formula is C17H26N2O2. The maximum atomic E-state index is 12.6. The number of carbonyl (C=O) groups excluding carboxylic acids is 1. The second-order valence-corrected chi connectivity index (χ2v) is 5.68. The third-order valence-corrected chi connectivity index (χ3v) is 4.16. The van der Waals surface area contributed by atoms with Gasteiger partial charge in [0.2, 0.25) is 0 Å². The van der Waals surface area contributed by atoms with Crippen LogP contribution in [0.4, 0.5) is 5.69 Å². The van der Waals surface area contributed by atoms with Gasteiger partial charge in [0.05, 0.1) is 18.3 Å². The second kappa shape index (κ2) is 7.46. The number of benzene rings is 1. The SMILES string of the molecule is CCOc1ccc(C(=O)C(C)N2CCCCCC2)cc1N. The molecule has 1 atom stereocenters. The fraction of sp³-hybridized carbons (Fsp3) is 0.588. The van der Waals surface area contributed by atoms with Gasteiger partial charge in [-0.3, -0.25) is 9.69 Å². The average Bonchev–Trinajstić information content (AvgIpc) is 2.77. The van der Waals surface area contributed by atoms with E-state index >= 15 is 0 Å². The first-order valence-corrected chi connectivity index (χ1v) is 7.94. The number of nitrogens with two attached hydrogens (primary N) is 1. The molecule has 0 aliphatic carbocycles. The molecule has 2 N–H and O–H groups in total. The van der Waals surface area contributed by atoms with Crippen LogP contribution in [-0.4, -0.2) is 36.4 Å². The van der Waals surface area contributed by atoms with Crippen molar-refractivity contribution in [1.82, 2.24) is 4.90 Å². The van der Waals surface area contributed by atoms with Crippen LogP contribution in [-0.2, 0) is 0 Å². The van der Waals surface area contributed by atoms with Gasteiger partial charge in [0, 0.05) is 5.56 Å². The van der Waals surface area contributed by atoms with Crippen molar-refractivity contribution >= 4 is 11.5 Å². The van der Waals surface area contributed by atoms with E-state index in [0.29, 0.717) is 23.6 Å². The molecular weight excluding hydrogens is 264 g/mol. The van der Waals surface area contributed by atoms with Gasteiger partial charge in [-0.05, 0) is 58.0 Å². The molecule has 1 aromatic rings. The lowest BCUT2D eigenvalue weighted by Gasteiger charge is -2.26. The molecule has 0 bridgehead atoms. The summed E-state index contributed by atoms with van der Waals surface area (Å²) in [6.45, 7) is 6.51. The van der Waals surface area contributed by atoms with Crippen molar-refractivity contribution in [3.05, 3.63) is 23.8 Å². The number of likely N-dealkylation sites (tertiary alicyclic amines) is 1. The number of nitrogen functional groups attached to an aromatic ring is 1. The van der Waals surface area contributed by atoms with E-state index in [1.54, 1.807) is 12.1 Å². The van der Waals surface area contributed by atoms with Crippen LogP contribution < -0.4 is 10.5 Å². The first-order valence-electron chi connectivity index (χ1n) is 7.94. The van der Waals surface area contributed by atoms with E-state index in [2.05, 4.69) is 4.90 Å². The highest BCUT2D eigenvalue weighted by Gasteiger charge is 2.23. The lowest BCUT2D eigenvalue weighted by Crippen LogP contribution is -2.39. The molecule has 1 fully saturated rings. The number of carbonyl (C=O) groups is 1. The number of Topliss-reactive ketones (excluding diaryl/α,β-unsaturated/α-hetero) is 1. The van der Waals surface area contributed by atoms with Crippen molar-refractivity contribution in [3.63, 3.8) is 0 Å². The molecule has 21 heavy (non-hydrogen) atoms. The molecule has 1 aliphatic heterocycles. The number of nitrogens with zero attached hydrogens (tertiary/aromatic N) is 1. The lowest BCUT2D eigenvalue weighted by molar-refractivity contribution is 0.0843. The Morgan fingerprint density at radius 3 is 2.52 bits per heavy atom. The molecule has 0 saturated carbocycles. The molecule has 1 unspecified atom stereocenters. The Hall–Kier alpha value is -1.55.